The van der Waals surface area contributed by atoms with E-state index in [2.05, 4.69) is 13.8 Å². The summed E-state index contributed by atoms with van der Waals surface area (Å²) in [6.45, 7) is 11.6. The van der Waals surface area contributed by atoms with E-state index in [4.69, 9.17) is 11.6 Å². The minimum Gasteiger partial charge on any atom is -0.340 e. The third-order valence-corrected chi connectivity index (χ3v) is 14.1. The minimum atomic E-state index is -4.44. The standard InChI is InChI=1S/C40H45ClN2O9S3/c1-25(23-53(44,45)46)42-33-13-8-7-12-32(33)39(3,4)35(42)20-15-27-10-9-11-28(38(27)41)16-21-36-40(5,6)37-31-18-17-30(55(50,51)52)22-29(31)14-19-34(37)43(36)26(2)24-54(47,48)49/h7-8,12-22,25-26H,9-11,23-24H2,1-6H3,(H2-,44,45,46,47,48,49,50,51,52)/p+1. The predicted octanol–water partition coefficient (Wildman–Crippen LogP) is 7.86. The first kappa shape index (κ1) is 41.0. The predicted molar refractivity (Wildman–Crippen MR) is 217 cm³/mol. The van der Waals surface area contributed by atoms with E-state index >= 15 is 0 Å². The van der Waals surface area contributed by atoms with Crippen LogP contribution in [0.5, 0.6) is 0 Å². The summed E-state index contributed by atoms with van der Waals surface area (Å²) < 4.78 is 103. The summed E-state index contributed by atoms with van der Waals surface area (Å²) in [7, 11) is -13.1. The zero-order valence-electron chi connectivity index (χ0n) is 31.5. The van der Waals surface area contributed by atoms with E-state index in [1.165, 1.54) is 12.1 Å². The van der Waals surface area contributed by atoms with Gasteiger partial charge in [0.1, 0.15) is 5.75 Å². The van der Waals surface area contributed by atoms with Crippen LogP contribution in [0.3, 0.4) is 0 Å². The van der Waals surface area contributed by atoms with Gasteiger partial charge < -0.3 is 4.90 Å². The van der Waals surface area contributed by atoms with Gasteiger partial charge in [-0.25, -0.2) is 0 Å². The minimum absolute atomic E-state index is 0.240. The van der Waals surface area contributed by atoms with Crippen molar-refractivity contribution in [3.8, 4) is 0 Å². The van der Waals surface area contributed by atoms with Crippen LogP contribution in [0.15, 0.2) is 106 Å². The van der Waals surface area contributed by atoms with Crippen LogP contribution in [0.4, 0.5) is 11.4 Å². The number of hydrogen-bond acceptors (Lipinski definition) is 7. The number of rotatable bonds is 10. The first-order chi connectivity index (χ1) is 25.4. The Morgan fingerprint density at radius 3 is 2.16 bits per heavy atom. The van der Waals surface area contributed by atoms with Gasteiger partial charge in [0.15, 0.2) is 11.8 Å². The summed E-state index contributed by atoms with van der Waals surface area (Å²) >= 11 is 7.14. The van der Waals surface area contributed by atoms with Crippen LogP contribution in [-0.2, 0) is 41.2 Å². The van der Waals surface area contributed by atoms with Crippen LogP contribution in [-0.4, -0.2) is 72.8 Å². The van der Waals surface area contributed by atoms with Crippen LogP contribution in [0, 0.1) is 0 Å². The van der Waals surface area contributed by atoms with Gasteiger partial charge in [0.25, 0.3) is 30.4 Å². The van der Waals surface area contributed by atoms with Crippen molar-refractivity contribution in [3.63, 3.8) is 0 Å². The number of hydrogen-bond donors (Lipinski definition) is 3. The summed E-state index contributed by atoms with van der Waals surface area (Å²) in [6.07, 6.45) is 10.0. The van der Waals surface area contributed by atoms with Gasteiger partial charge in [-0.05, 0) is 98.7 Å². The zero-order valence-corrected chi connectivity index (χ0v) is 34.7. The molecule has 15 heteroatoms. The van der Waals surface area contributed by atoms with E-state index in [9.17, 15) is 38.9 Å². The lowest BCUT2D eigenvalue weighted by atomic mass is 9.80. The topological polar surface area (TPSA) is 169 Å². The van der Waals surface area contributed by atoms with Gasteiger partial charge in [0.05, 0.1) is 16.1 Å². The second kappa shape index (κ2) is 14.4. The molecule has 3 aromatic carbocycles. The Balaban J connectivity index is 1.44. The molecular weight excluding hydrogens is 784 g/mol. The summed E-state index contributed by atoms with van der Waals surface area (Å²) in [5, 5.41) is 1.88. The molecule has 0 saturated carbocycles. The molecule has 2 atom stereocenters. The lowest BCUT2D eigenvalue weighted by Gasteiger charge is -2.31. The van der Waals surface area contributed by atoms with Gasteiger partial charge in [-0.1, -0.05) is 67.9 Å². The molecular formula is C40H46ClN2O9S3+. The lowest BCUT2D eigenvalue weighted by molar-refractivity contribution is -0.471. The number of anilines is 1. The molecule has 55 heavy (non-hydrogen) atoms. The number of nitrogens with zero attached hydrogens (tertiary/aromatic N) is 2. The Labute approximate surface area is 328 Å². The van der Waals surface area contributed by atoms with E-state index in [1.54, 1.807) is 32.0 Å². The van der Waals surface area contributed by atoms with Gasteiger partial charge in [-0.15, -0.1) is 0 Å². The Morgan fingerprint density at radius 1 is 0.836 bits per heavy atom. The van der Waals surface area contributed by atoms with Gasteiger partial charge in [0, 0.05) is 45.6 Å². The monoisotopic (exact) mass is 829 g/mol. The number of fused-ring (bicyclic) bond motifs is 4. The summed E-state index contributed by atoms with van der Waals surface area (Å²) in [5.74, 6) is -0.980. The maximum Gasteiger partial charge on any atom is 0.294 e. The molecule has 11 nitrogen and oxygen atoms in total. The highest BCUT2D eigenvalue weighted by atomic mass is 35.5. The maximum atomic E-state index is 12.1. The summed E-state index contributed by atoms with van der Waals surface area (Å²) in [6, 6.07) is 14.5. The molecule has 0 aromatic heterocycles. The molecule has 0 saturated heterocycles. The molecule has 0 radical (unpaired) electrons. The van der Waals surface area contributed by atoms with Gasteiger partial charge in [-0.3, -0.25) is 13.7 Å². The molecule has 2 aliphatic heterocycles. The van der Waals surface area contributed by atoms with Crippen molar-refractivity contribution in [3.05, 3.63) is 112 Å². The van der Waals surface area contributed by atoms with Crippen molar-refractivity contribution in [1.82, 2.24) is 0 Å². The van der Waals surface area contributed by atoms with E-state index in [0.717, 1.165) is 51.2 Å². The molecule has 3 N–H and O–H groups in total. The molecule has 0 fully saturated rings. The van der Waals surface area contributed by atoms with Crippen molar-refractivity contribution >= 4 is 69.8 Å². The molecule has 0 amide bonds. The van der Waals surface area contributed by atoms with Crippen molar-refractivity contribution in [2.24, 2.45) is 0 Å². The molecule has 3 aromatic rings. The first-order valence-corrected chi connectivity index (χ1v) is 22.9. The smallest absolute Gasteiger partial charge is 0.294 e. The van der Waals surface area contributed by atoms with E-state index < -0.39 is 64.8 Å². The fourth-order valence-electron chi connectivity index (χ4n) is 8.51. The Bertz CT molecular complexity index is 2600. The molecule has 294 valence electrons. The molecule has 6 rings (SSSR count). The third kappa shape index (κ3) is 8.00. The average Bonchev–Trinajstić information content (AvgIpc) is 3.44. The molecule has 0 bridgehead atoms. The highest BCUT2D eigenvalue weighted by molar-refractivity contribution is 7.86. The summed E-state index contributed by atoms with van der Waals surface area (Å²) in [5.41, 5.74) is 5.61. The van der Waals surface area contributed by atoms with Gasteiger partial charge in [-0.2, -0.15) is 29.8 Å². The molecule has 1 aliphatic carbocycles. The van der Waals surface area contributed by atoms with Crippen molar-refractivity contribution in [2.45, 2.75) is 88.6 Å². The molecule has 3 aliphatic rings. The maximum absolute atomic E-state index is 12.1. The summed E-state index contributed by atoms with van der Waals surface area (Å²) in [4.78, 5) is 1.65. The van der Waals surface area contributed by atoms with Crippen LogP contribution in [0.1, 0.15) is 71.9 Å². The van der Waals surface area contributed by atoms with Crippen LogP contribution in [0.25, 0.3) is 10.8 Å². The Hall–Kier alpha value is -3.63. The zero-order chi connectivity index (χ0) is 40.5. The molecule has 2 heterocycles. The first-order valence-electron chi connectivity index (χ1n) is 17.9. The Morgan fingerprint density at radius 2 is 1.51 bits per heavy atom. The highest BCUT2D eigenvalue weighted by Gasteiger charge is 2.47. The normalized spacial score (nSPS) is 21.2. The van der Waals surface area contributed by atoms with Crippen LogP contribution >= 0.6 is 11.6 Å². The van der Waals surface area contributed by atoms with Crippen molar-refractivity contribution in [2.75, 3.05) is 16.4 Å². The Kier molecular flexibility index (Phi) is 10.7. The van der Waals surface area contributed by atoms with E-state index in [1.807, 2.05) is 71.9 Å². The van der Waals surface area contributed by atoms with Crippen molar-refractivity contribution in [1.29, 1.82) is 0 Å². The molecule has 2 unspecified atom stereocenters. The number of halogens is 1. The van der Waals surface area contributed by atoms with Crippen LogP contribution < -0.4 is 4.90 Å². The largest absolute Gasteiger partial charge is 0.340 e. The van der Waals surface area contributed by atoms with Gasteiger partial charge in [0.2, 0.25) is 5.69 Å². The quantitative estimate of drug-likeness (QED) is 0.135. The number of benzene rings is 3. The average molecular weight is 830 g/mol. The second-order valence-electron chi connectivity index (χ2n) is 15.7. The number of para-hydroxylation sites is 1. The lowest BCUT2D eigenvalue weighted by Crippen LogP contribution is -2.38. The highest BCUT2D eigenvalue weighted by Crippen LogP contribution is 2.52. The number of allylic oxidation sites excluding steroid dienone is 8. The second-order valence-corrected chi connectivity index (χ2v) is 20.5. The van der Waals surface area contributed by atoms with E-state index in [0.29, 0.717) is 28.9 Å². The van der Waals surface area contributed by atoms with Crippen molar-refractivity contribution < 1.29 is 43.5 Å². The SMILES string of the molecule is CC(CS(=O)(=O)O)N1/C(=C\C=C2/CCCC(/C=C/C3=[N+](C(C)CS(=O)(=O)O)c4ccccc4C3(C)C)=C2Cl)C(C)(C)c2c1ccc1cc(S(=O)(=O)O)ccc21. The fraction of sp³-hybridized carbons (Fsp3) is 0.375. The third-order valence-electron chi connectivity index (χ3n) is 10.9. The van der Waals surface area contributed by atoms with Crippen LogP contribution in [0.2, 0.25) is 0 Å². The van der Waals surface area contributed by atoms with Gasteiger partial charge >= 0.3 is 0 Å². The molecule has 0 spiro atoms. The van der Waals surface area contributed by atoms with E-state index in [-0.39, 0.29) is 4.90 Å². The fourth-order valence-corrected chi connectivity index (χ4v) is 10.9.